The third-order valence-corrected chi connectivity index (χ3v) is 7.97. The molecule has 5 nitrogen and oxygen atoms in total. The van der Waals surface area contributed by atoms with Crippen molar-refractivity contribution in [1.82, 2.24) is 4.31 Å². The predicted octanol–water partition coefficient (Wildman–Crippen LogP) is 3.96. The first kappa shape index (κ1) is 20.3. The molecule has 1 spiro atoms. The molecule has 1 saturated heterocycles. The van der Waals surface area contributed by atoms with E-state index in [1.54, 1.807) is 16.1 Å². The quantitative estimate of drug-likeness (QED) is 0.726. The fourth-order valence-electron chi connectivity index (χ4n) is 3.77. The highest BCUT2D eigenvalue weighted by molar-refractivity contribution is 8.15. The summed E-state index contributed by atoms with van der Waals surface area (Å²) in [4.78, 5) is 10.0. The lowest BCUT2D eigenvalue weighted by Crippen LogP contribution is -2.44. The van der Waals surface area contributed by atoms with Gasteiger partial charge in [-0.3, -0.25) is 4.99 Å². The van der Waals surface area contributed by atoms with Gasteiger partial charge in [0, 0.05) is 31.5 Å². The minimum atomic E-state index is -3.34. The summed E-state index contributed by atoms with van der Waals surface area (Å²) in [6.07, 6.45) is 1.23. The van der Waals surface area contributed by atoms with Crippen molar-refractivity contribution in [2.24, 2.45) is 9.98 Å². The second-order valence-electron chi connectivity index (χ2n) is 7.30. The Kier molecular flexibility index (Phi) is 5.90. The van der Waals surface area contributed by atoms with Crippen LogP contribution < -0.4 is 0 Å². The SMILES string of the molecule is CCSC1=NC2(CCN(S(=O)(=O)Cc3ccccc3)CC2)N=C1c1ccccc1. The van der Waals surface area contributed by atoms with E-state index in [0.29, 0.717) is 25.9 Å². The Labute approximate surface area is 177 Å². The zero-order valence-electron chi connectivity index (χ0n) is 16.5. The molecule has 2 aliphatic heterocycles. The van der Waals surface area contributed by atoms with Gasteiger partial charge in [-0.05, 0) is 11.3 Å². The zero-order valence-corrected chi connectivity index (χ0v) is 18.1. The van der Waals surface area contributed by atoms with Crippen LogP contribution >= 0.6 is 11.8 Å². The van der Waals surface area contributed by atoms with Gasteiger partial charge in [-0.1, -0.05) is 67.6 Å². The maximum Gasteiger partial charge on any atom is 0.218 e. The molecule has 2 aromatic carbocycles. The highest BCUT2D eigenvalue weighted by Gasteiger charge is 2.41. The summed E-state index contributed by atoms with van der Waals surface area (Å²) in [5.74, 6) is 0.970. The molecular weight excluding hydrogens is 402 g/mol. The Morgan fingerprint density at radius 3 is 2.21 bits per heavy atom. The van der Waals surface area contributed by atoms with Crippen molar-refractivity contribution in [2.75, 3.05) is 18.8 Å². The Morgan fingerprint density at radius 1 is 0.966 bits per heavy atom. The molecule has 7 heteroatoms. The summed E-state index contributed by atoms with van der Waals surface area (Å²) in [5.41, 5.74) is 2.31. The predicted molar refractivity (Wildman–Crippen MR) is 121 cm³/mol. The molecule has 0 atom stereocenters. The molecule has 152 valence electrons. The maximum absolute atomic E-state index is 12.9. The van der Waals surface area contributed by atoms with Crippen molar-refractivity contribution < 1.29 is 8.42 Å². The summed E-state index contributed by atoms with van der Waals surface area (Å²) in [7, 11) is -3.34. The van der Waals surface area contributed by atoms with Crippen LogP contribution in [0.25, 0.3) is 0 Å². The van der Waals surface area contributed by atoms with Crippen LogP contribution in [0.1, 0.15) is 30.9 Å². The van der Waals surface area contributed by atoms with Crippen LogP contribution in [0, 0.1) is 0 Å². The number of sulfonamides is 1. The normalized spacial score (nSPS) is 19.2. The molecule has 0 bridgehead atoms. The number of thioether (sulfide) groups is 1. The molecule has 0 radical (unpaired) electrons. The molecule has 0 aliphatic carbocycles. The van der Waals surface area contributed by atoms with Crippen LogP contribution in [0.3, 0.4) is 0 Å². The molecule has 0 N–H and O–H groups in total. The van der Waals surface area contributed by atoms with E-state index in [4.69, 9.17) is 9.98 Å². The van der Waals surface area contributed by atoms with E-state index < -0.39 is 15.7 Å². The first-order chi connectivity index (χ1) is 14.0. The number of rotatable bonds is 5. The number of aliphatic imine (C=N–C) groups is 2. The summed E-state index contributed by atoms with van der Waals surface area (Å²) in [5, 5.41) is 0.972. The van der Waals surface area contributed by atoms with Gasteiger partial charge in [-0.15, -0.1) is 11.8 Å². The zero-order chi connectivity index (χ0) is 20.3. The molecule has 1 fully saturated rings. The first-order valence-electron chi connectivity index (χ1n) is 9.91. The van der Waals surface area contributed by atoms with Crippen molar-refractivity contribution in [1.29, 1.82) is 0 Å². The summed E-state index contributed by atoms with van der Waals surface area (Å²) >= 11 is 1.70. The largest absolute Gasteiger partial charge is 0.252 e. The Balaban J connectivity index is 1.51. The highest BCUT2D eigenvalue weighted by Crippen LogP contribution is 2.36. The first-order valence-corrected chi connectivity index (χ1v) is 12.5. The van der Waals surface area contributed by atoms with Crippen LogP contribution in [0.4, 0.5) is 0 Å². The molecule has 0 amide bonds. The molecule has 0 unspecified atom stereocenters. The van der Waals surface area contributed by atoms with Crippen molar-refractivity contribution in [3.63, 3.8) is 0 Å². The standard InChI is InChI=1S/C22H25N3O2S2/c1-2-28-21-20(19-11-7-4-8-12-19)23-22(24-21)13-15-25(16-14-22)29(26,27)17-18-9-5-3-6-10-18/h3-12H,2,13-17H2,1H3. The minimum Gasteiger partial charge on any atom is -0.252 e. The topological polar surface area (TPSA) is 62.1 Å². The van der Waals surface area contributed by atoms with Crippen molar-refractivity contribution in [2.45, 2.75) is 31.2 Å². The molecular formula is C22H25N3O2S2. The van der Waals surface area contributed by atoms with Gasteiger partial charge in [-0.2, -0.15) is 0 Å². The molecule has 29 heavy (non-hydrogen) atoms. The molecule has 4 rings (SSSR count). The molecule has 2 heterocycles. The minimum absolute atomic E-state index is 0.0412. The second-order valence-corrected chi connectivity index (χ2v) is 10.5. The molecule has 2 aliphatic rings. The smallest absolute Gasteiger partial charge is 0.218 e. The van der Waals surface area contributed by atoms with E-state index >= 15 is 0 Å². The Bertz CT molecular complexity index is 1010. The molecule has 0 saturated carbocycles. The summed E-state index contributed by atoms with van der Waals surface area (Å²) < 4.78 is 27.3. The van der Waals surface area contributed by atoms with E-state index in [0.717, 1.165) is 27.6 Å². The number of hydrogen-bond donors (Lipinski definition) is 0. The fourth-order valence-corrected chi connectivity index (χ4v) is 6.11. The van der Waals surface area contributed by atoms with E-state index in [2.05, 4.69) is 19.1 Å². The Hall–Kier alpha value is -1.96. The van der Waals surface area contributed by atoms with Gasteiger partial charge in [0.05, 0.1) is 11.5 Å². The summed E-state index contributed by atoms with van der Waals surface area (Å²) in [6.45, 7) is 3.02. The average Bonchev–Trinajstić information content (AvgIpc) is 3.07. The molecule has 2 aromatic rings. The van der Waals surface area contributed by atoms with Crippen LogP contribution in [0.15, 0.2) is 70.6 Å². The van der Waals surface area contributed by atoms with Crippen LogP contribution in [-0.4, -0.2) is 48.0 Å². The third-order valence-electron chi connectivity index (χ3n) is 5.27. The maximum atomic E-state index is 12.9. The van der Waals surface area contributed by atoms with Crippen molar-refractivity contribution in [3.05, 3.63) is 71.8 Å². The lowest BCUT2D eigenvalue weighted by atomic mass is 10.00. The van der Waals surface area contributed by atoms with Crippen LogP contribution in [0.2, 0.25) is 0 Å². The highest BCUT2D eigenvalue weighted by atomic mass is 32.2. The van der Waals surface area contributed by atoms with Gasteiger partial charge in [0.1, 0.15) is 5.04 Å². The number of nitrogens with zero attached hydrogens (tertiary/aromatic N) is 3. The van der Waals surface area contributed by atoms with E-state index in [9.17, 15) is 8.42 Å². The summed E-state index contributed by atoms with van der Waals surface area (Å²) in [6, 6.07) is 19.5. The van der Waals surface area contributed by atoms with E-state index in [1.165, 1.54) is 0 Å². The van der Waals surface area contributed by atoms with E-state index in [-0.39, 0.29) is 5.75 Å². The van der Waals surface area contributed by atoms with Crippen molar-refractivity contribution in [3.8, 4) is 0 Å². The molecule has 0 aromatic heterocycles. The Morgan fingerprint density at radius 2 is 1.59 bits per heavy atom. The van der Waals surface area contributed by atoms with Gasteiger partial charge in [0.15, 0.2) is 5.66 Å². The van der Waals surface area contributed by atoms with Gasteiger partial charge < -0.3 is 0 Å². The number of hydrogen-bond acceptors (Lipinski definition) is 5. The lowest BCUT2D eigenvalue weighted by molar-refractivity contribution is 0.248. The second kappa shape index (κ2) is 8.42. The fraction of sp³-hybridized carbons (Fsp3) is 0.364. The third kappa shape index (κ3) is 4.47. The van der Waals surface area contributed by atoms with Gasteiger partial charge in [0.2, 0.25) is 10.0 Å². The van der Waals surface area contributed by atoms with Crippen LogP contribution in [0.5, 0.6) is 0 Å². The average molecular weight is 428 g/mol. The van der Waals surface area contributed by atoms with Crippen molar-refractivity contribution >= 4 is 32.5 Å². The number of piperidine rings is 1. The number of benzene rings is 2. The monoisotopic (exact) mass is 427 g/mol. The van der Waals surface area contributed by atoms with Gasteiger partial charge >= 0.3 is 0 Å². The van der Waals surface area contributed by atoms with E-state index in [1.807, 2.05) is 48.5 Å². The van der Waals surface area contributed by atoms with Gasteiger partial charge in [-0.25, -0.2) is 17.7 Å². The van der Waals surface area contributed by atoms with Crippen LogP contribution in [-0.2, 0) is 15.8 Å². The van der Waals surface area contributed by atoms with Gasteiger partial charge in [0.25, 0.3) is 0 Å². The lowest BCUT2D eigenvalue weighted by Gasteiger charge is -2.34.